The fourth-order valence-electron chi connectivity index (χ4n) is 2.41. The lowest BCUT2D eigenvalue weighted by Crippen LogP contribution is -2.14. The molecule has 0 saturated carbocycles. The van der Waals surface area contributed by atoms with E-state index >= 15 is 0 Å². The summed E-state index contributed by atoms with van der Waals surface area (Å²) in [5, 5.41) is 13.3. The second-order valence-corrected chi connectivity index (χ2v) is 4.67. The van der Waals surface area contributed by atoms with Crippen molar-refractivity contribution >= 4 is 11.6 Å². The second kappa shape index (κ2) is 4.35. The molecule has 0 fully saturated rings. The van der Waals surface area contributed by atoms with E-state index < -0.39 is 5.91 Å². The maximum absolute atomic E-state index is 11.2. The number of carbonyl (C=O) groups is 1. The Morgan fingerprint density at radius 2 is 2.25 bits per heavy atom. The molecule has 0 radical (unpaired) electrons. The van der Waals surface area contributed by atoms with Crippen LogP contribution in [0.5, 0.6) is 0 Å². The fraction of sp³-hybridized carbons (Fsp3) is 0.231. The molecule has 3 rings (SSSR count). The van der Waals surface area contributed by atoms with E-state index in [2.05, 4.69) is 16.2 Å². The van der Waals surface area contributed by atoms with E-state index in [4.69, 9.17) is 11.5 Å². The van der Waals surface area contributed by atoms with Gasteiger partial charge in [0.25, 0.3) is 5.91 Å². The number of hydrogen-bond acceptors (Lipinski definition) is 5. The zero-order valence-corrected chi connectivity index (χ0v) is 10.6. The molecule has 7 nitrogen and oxygen atoms in total. The number of amides is 1. The van der Waals surface area contributed by atoms with Crippen LogP contribution in [0.4, 0.5) is 5.69 Å². The molecular weight excluding hydrogens is 256 g/mol. The van der Waals surface area contributed by atoms with Gasteiger partial charge < -0.3 is 11.5 Å². The van der Waals surface area contributed by atoms with Gasteiger partial charge in [0.15, 0.2) is 11.5 Å². The number of nitrogens with two attached hydrogens (primary N) is 2. The van der Waals surface area contributed by atoms with Gasteiger partial charge in [0.05, 0.1) is 17.4 Å². The Morgan fingerprint density at radius 1 is 1.45 bits per heavy atom. The van der Waals surface area contributed by atoms with Crippen LogP contribution in [0.3, 0.4) is 0 Å². The van der Waals surface area contributed by atoms with Crippen LogP contribution >= 0.6 is 0 Å². The lowest BCUT2D eigenvalue weighted by atomic mass is 10.1. The number of fused-ring (bicyclic) bond motifs is 1. The molecule has 0 atom stereocenters. The number of pyridine rings is 1. The monoisotopic (exact) mass is 268 g/mol. The summed E-state index contributed by atoms with van der Waals surface area (Å²) in [4.78, 5) is 15.7. The minimum atomic E-state index is -0.707. The standard InChI is InChI=1S/C13H12N6O/c14-5-8-4-7-2-1-3-10(7)17-13(8)19-6-9(15)11(18-19)12(16)20/h4,6H,1-3,15H2,(H2,16,20). The zero-order chi connectivity index (χ0) is 14.3. The largest absolute Gasteiger partial charge is 0.396 e. The highest BCUT2D eigenvalue weighted by Crippen LogP contribution is 2.24. The minimum absolute atomic E-state index is 0.0174. The Bertz CT molecular complexity index is 755. The maximum Gasteiger partial charge on any atom is 0.271 e. The summed E-state index contributed by atoms with van der Waals surface area (Å²) in [5.74, 6) is -0.326. The predicted octanol–water partition coefficient (Wildman–Crippen LogP) is 0.309. The van der Waals surface area contributed by atoms with E-state index in [-0.39, 0.29) is 11.4 Å². The number of aromatic nitrogens is 3. The molecule has 0 saturated heterocycles. The first-order valence-corrected chi connectivity index (χ1v) is 6.18. The smallest absolute Gasteiger partial charge is 0.271 e. The Morgan fingerprint density at radius 3 is 2.90 bits per heavy atom. The van der Waals surface area contributed by atoms with Gasteiger partial charge in [-0.25, -0.2) is 9.67 Å². The van der Waals surface area contributed by atoms with Crippen molar-refractivity contribution in [1.82, 2.24) is 14.8 Å². The number of aryl methyl sites for hydroxylation is 2. The van der Waals surface area contributed by atoms with Gasteiger partial charge in [-0.05, 0) is 30.9 Å². The molecule has 0 aromatic carbocycles. The van der Waals surface area contributed by atoms with Crippen molar-refractivity contribution in [3.63, 3.8) is 0 Å². The van der Waals surface area contributed by atoms with E-state index in [1.807, 2.05) is 6.07 Å². The molecule has 0 unspecified atom stereocenters. The molecule has 1 aliphatic rings. The Hall–Kier alpha value is -2.88. The Labute approximate surface area is 114 Å². The molecule has 100 valence electrons. The SMILES string of the molecule is N#Cc1cc2c(nc1-n1cc(N)c(C(N)=O)n1)CCC2. The average Bonchev–Trinajstić information content (AvgIpc) is 3.02. The molecular formula is C13H12N6O. The molecule has 1 amide bonds. The number of rotatable bonds is 2. The number of nitriles is 1. The third kappa shape index (κ3) is 1.78. The summed E-state index contributed by atoms with van der Waals surface area (Å²) >= 11 is 0. The highest BCUT2D eigenvalue weighted by atomic mass is 16.1. The van der Waals surface area contributed by atoms with Crippen molar-refractivity contribution < 1.29 is 4.79 Å². The summed E-state index contributed by atoms with van der Waals surface area (Å²) in [5.41, 5.74) is 13.5. The van der Waals surface area contributed by atoms with Crippen LogP contribution in [0.15, 0.2) is 12.3 Å². The number of hydrogen-bond donors (Lipinski definition) is 2. The van der Waals surface area contributed by atoms with Gasteiger partial charge in [0.2, 0.25) is 0 Å². The van der Waals surface area contributed by atoms with Crippen molar-refractivity contribution in [2.75, 3.05) is 5.73 Å². The number of carbonyl (C=O) groups excluding carboxylic acids is 1. The van der Waals surface area contributed by atoms with Crippen LogP contribution in [0.2, 0.25) is 0 Å². The summed E-state index contributed by atoms with van der Waals surface area (Å²) in [6, 6.07) is 3.93. The van der Waals surface area contributed by atoms with Gasteiger partial charge in [-0.3, -0.25) is 4.79 Å². The van der Waals surface area contributed by atoms with E-state index in [0.717, 1.165) is 30.5 Å². The van der Waals surface area contributed by atoms with E-state index in [1.54, 1.807) is 0 Å². The van der Waals surface area contributed by atoms with E-state index in [9.17, 15) is 10.1 Å². The highest BCUT2D eigenvalue weighted by Gasteiger charge is 2.19. The fourth-order valence-corrected chi connectivity index (χ4v) is 2.41. The lowest BCUT2D eigenvalue weighted by molar-refractivity contribution is 0.0996. The van der Waals surface area contributed by atoms with Crippen LogP contribution in [-0.4, -0.2) is 20.7 Å². The summed E-state index contributed by atoms with van der Waals surface area (Å²) in [6.07, 6.45) is 4.30. The molecule has 7 heteroatoms. The van der Waals surface area contributed by atoms with Gasteiger partial charge >= 0.3 is 0 Å². The van der Waals surface area contributed by atoms with Crippen molar-refractivity contribution in [3.8, 4) is 11.9 Å². The molecule has 20 heavy (non-hydrogen) atoms. The van der Waals surface area contributed by atoms with Crippen LogP contribution in [0, 0.1) is 11.3 Å². The quantitative estimate of drug-likeness (QED) is 0.811. The molecule has 0 spiro atoms. The lowest BCUT2D eigenvalue weighted by Gasteiger charge is -2.06. The zero-order valence-electron chi connectivity index (χ0n) is 10.6. The van der Waals surface area contributed by atoms with Gasteiger partial charge in [-0.15, -0.1) is 0 Å². The molecule has 1 aliphatic carbocycles. The third-order valence-corrected chi connectivity index (χ3v) is 3.34. The molecule has 2 aromatic rings. The van der Waals surface area contributed by atoms with Crippen LogP contribution in [0.25, 0.3) is 5.82 Å². The number of anilines is 1. The van der Waals surface area contributed by atoms with Crippen LogP contribution in [0.1, 0.15) is 33.7 Å². The van der Waals surface area contributed by atoms with Gasteiger partial charge in [-0.1, -0.05) is 0 Å². The molecule has 0 bridgehead atoms. The number of nitrogen functional groups attached to an aromatic ring is 1. The Kier molecular flexibility index (Phi) is 2.64. The highest BCUT2D eigenvalue weighted by molar-refractivity contribution is 5.95. The topological polar surface area (TPSA) is 124 Å². The molecule has 2 aromatic heterocycles. The van der Waals surface area contributed by atoms with Gasteiger partial charge in [0, 0.05) is 5.69 Å². The molecule has 2 heterocycles. The van der Waals surface area contributed by atoms with E-state index in [1.165, 1.54) is 10.9 Å². The molecule has 4 N–H and O–H groups in total. The normalized spacial score (nSPS) is 12.9. The third-order valence-electron chi connectivity index (χ3n) is 3.34. The first-order chi connectivity index (χ1) is 9.60. The van der Waals surface area contributed by atoms with Gasteiger partial charge in [-0.2, -0.15) is 10.4 Å². The summed E-state index contributed by atoms with van der Waals surface area (Å²) in [7, 11) is 0. The minimum Gasteiger partial charge on any atom is -0.396 e. The first kappa shape index (κ1) is 12.2. The number of primary amides is 1. The second-order valence-electron chi connectivity index (χ2n) is 4.67. The average molecular weight is 268 g/mol. The first-order valence-electron chi connectivity index (χ1n) is 6.18. The predicted molar refractivity (Wildman–Crippen MR) is 71.0 cm³/mol. The van der Waals surface area contributed by atoms with Crippen molar-refractivity contribution in [2.45, 2.75) is 19.3 Å². The van der Waals surface area contributed by atoms with Crippen molar-refractivity contribution in [3.05, 3.63) is 34.8 Å². The summed E-state index contributed by atoms with van der Waals surface area (Å²) in [6.45, 7) is 0. The van der Waals surface area contributed by atoms with E-state index in [0.29, 0.717) is 11.4 Å². The van der Waals surface area contributed by atoms with Crippen LogP contribution in [-0.2, 0) is 12.8 Å². The van der Waals surface area contributed by atoms with Crippen LogP contribution < -0.4 is 11.5 Å². The maximum atomic E-state index is 11.2. The molecule has 0 aliphatic heterocycles. The van der Waals surface area contributed by atoms with Gasteiger partial charge in [0.1, 0.15) is 6.07 Å². The number of nitrogens with zero attached hydrogens (tertiary/aromatic N) is 4. The van der Waals surface area contributed by atoms with Crippen molar-refractivity contribution in [2.24, 2.45) is 5.73 Å². The Balaban J connectivity index is 2.17. The summed E-state index contributed by atoms with van der Waals surface area (Å²) < 4.78 is 1.34. The van der Waals surface area contributed by atoms with Crippen molar-refractivity contribution in [1.29, 1.82) is 5.26 Å².